The average molecular weight is 379 g/mol. The molecule has 2 aromatic heterocycles. The molecule has 0 spiro atoms. The number of nitrogens with one attached hydrogen (secondary N) is 1. The van der Waals surface area contributed by atoms with Gasteiger partial charge in [0.2, 0.25) is 0 Å². The van der Waals surface area contributed by atoms with Crippen molar-refractivity contribution >= 4 is 23.5 Å². The smallest absolute Gasteiger partial charge is 0.268 e. The Labute approximate surface area is 162 Å². The fourth-order valence-electron chi connectivity index (χ4n) is 3.34. The summed E-state index contributed by atoms with van der Waals surface area (Å²) >= 11 is 1.59. The molecule has 138 valence electrons. The van der Waals surface area contributed by atoms with Crippen molar-refractivity contribution in [2.45, 2.75) is 32.7 Å². The van der Waals surface area contributed by atoms with Crippen LogP contribution in [0.25, 0.3) is 0 Å². The average Bonchev–Trinajstić information content (AvgIpc) is 3.29. The number of amides is 1. The summed E-state index contributed by atoms with van der Waals surface area (Å²) in [5.41, 5.74) is 6.00. The van der Waals surface area contributed by atoms with Crippen LogP contribution in [0.15, 0.2) is 53.9 Å². The first kappa shape index (κ1) is 17.7. The van der Waals surface area contributed by atoms with Gasteiger partial charge in [-0.2, -0.15) is 10.2 Å². The zero-order chi connectivity index (χ0) is 18.6. The molecule has 0 fully saturated rings. The number of hydrogen-bond acceptors (Lipinski definition) is 4. The summed E-state index contributed by atoms with van der Waals surface area (Å²) in [6, 6.07) is 12.2. The molecule has 1 atom stereocenters. The molecule has 0 bridgehead atoms. The van der Waals surface area contributed by atoms with Crippen LogP contribution in [0.3, 0.4) is 0 Å². The lowest BCUT2D eigenvalue weighted by atomic mass is 9.90. The van der Waals surface area contributed by atoms with E-state index in [-0.39, 0.29) is 5.91 Å². The number of carbonyl (C=O) groups excluding carboxylic acids is 1. The van der Waals surface area contributed by atoms with Crippen LogP contribution in [0.1, 0.15) is 44.6 Å². The molecule has 5 nitrogen and oxygen atoms in total. The number of nitrogens with zero attached hydrogens (tertiary/aromatic N) is 3. The number of benzene rings is 1. The third-order valence-electron chi connectivity index (χ3n) is 4.77. The van der Waals surface area contributed by atoms with Crippen molar-refractivity contribution < 1.29 is 4.79 Å². The Morgan fingerprint density at radius 1 is 1.41 bits per heavy atom. The topological polar surface area (TPSA) is 59.3 Å². The first-order valence-electron chi connectivity index (χ1n) is 9.19. The highest BCUT2D eigenvalue weighted by Gasteiger charge is 2.20. The van der Waals surface area contributed by atoms with Crippen LogP contribution in [-0.2, 0) is 19.4 Å². The van der Waals surface area contributed by atoms with Gasteiger partial charge in [0.1, 0.15) is 0 Å². The quantitative estimate of drug-likeness (QED) is 0.541. The monoisotopic (exact) mass is 378 g/mol. The molecule has 1 amide bonds. The standard InChI is InChI=1S/C21H22N4OS/c1-15-7-8-19-18(9-15)10-20(27-19)21(26)24-22-11-17-12-23-25(14-17)13-16-5-3-2-4-6-16/h2-6,10-12,14-15H,7-9,13H2,1H3,(H,24,26)/b22-11-/t15-/m1/s1. The Balaban J connectivity index is 1.35. The lowest BCUT2D eigenvalue weighted by Crippen LogP contribution is -2.16. The number of hydrogen-bond donors (Lipinski definition) is 1. The van der Waals surface area contributed by atoms with Crippen molar-refractivity contribution in [3.05, 3.63) is 75.2 Å². The second-order valence-electron chi connectivity index (χ2n) is 7.06. The van der Waals surface area contributed by atoms with Crippen LogP contribution in [0, 0.1) is 5.92 Å². The fraction of sp³-hybridized carbons (Fsp3) is 0.286. The van der Waals surface area contributed by atoms with E-state index >= 15 is 0 Å². The second kappa shape index (κ2) is 7.88. The van der Waals surface area contributed by atoms with Crippen molar-refractivity contribution in [3.8, 4) is 0 Å². The Bertz CT molecular complexity index is 958. The van der Waals surface area contributed by atoms with E-state index in [0.29, 0.717) is 12.5 Å². The Morgan fingerprint density at radius 2 is 2.26 bits per heavy atom. The molecule has 2 heterocycles. The molecule has 1 aromatic carbocycles. The van der Waals surface area contributed by atoms with E-state index in [1.54, 1.807) is 23.7 Å². The molecule has 0 radical (unpaired) electrons. The highest BCUT2D eigenvalue weighted by molar-refractivity contribution is 7.14. The van der Waals surface area contributed by atoms with E-state index in [0.717, 1.165) is 23.3 Å². The highest BCUT2D eigenvalue weighted by atomic mass is 32.1. The van der Waals surface area contributed by atoms with Crippen molar-refractivity contribution in [2.75, 3.05) is 0 Å². The van der Waals surface area contributed by atoms with Gasteiger partial charge in [-0.25, -0.2) is 5.43 Å². The van der Waals surface area contributed by atoms with Crippen molar-refractivity contribution in [2.24, 2.45) is 11.0 Å². The van der Waals surface area contributed by atoms with Gasteiger partial charge < -0.3 is 0 Å². The van der Waals surface area contributed by atoms with Gasteiger partial charge >= 0.3 is 0 Å². The van der Waals surface area contributed by atoms with Crippen LogP contribution >= 0.6 is 11.3 Å². The summed E-state index contributed by atoms with van der Waals surface area (Å²) < 4.78 is 1.85. The van der Waals surface area contributed by atoms with Gasteiger partial charge in [0.15, 0.2) is 0 Å². The maximum atomic E-state index is 12.3. The molecule has 3 aromatic rings. The lowest BCUT2D eigenvalue weighted by molar-refractivity contribution is 0.0959. The molecule has 27 heavy (non-hydrogen) atoms. The van der Waals surface area contributed by atoms with E-state index in [1.807, 2.05) is 35.1 Å². The number of aryl methyl sites for hydroxylation is 1. The van der Waals surface area contributed by atoms with Gasteiger partial charge in [0.25, 0.3) is 5.91 Å². The second-order valence-corrected chi connectivity index (χ2v) is 8.20. The Morgan fingerprint density at radius 3 is 3.11 bits per heavy atom. The summed E-state index contributed by atoms with van der Waals surface area (Å²) in [6.07, 6.45) is 8.64. The number of carbonyl (C=O) groups is 1. The van der Waals surface area contributed by atoms with E-state index in [2.05, 4.69) is 34.7 Å². The zero-order valence-electron chi connectivity index (χ0n) is 15.3. The number of aromatic nitrogens is 2. The minimum atomic E-state index is -0.144. The SMILES string of the molecule is C[C@@H]1CCc2sc(C(=O)N/N=C\c3cnn(Cc4ccccc4)c3)cc2C1. The van der Waals surface area contributed by atoms with Gasteiger partial charge in [0, 0.05) is 16.6 Å². The zero-order valence-corrected chi connectivity index (χ0v) is 16.1. The third kappa shape index (κ3) is 4.34. The molecule has 1 N–H and O–H groups in total. The number of rotatable bonds is 5. The Hall–Kier alpha value is -2.73. The van der Waals surface area contributed by atoms with Crippen molar-refractivity contribution in [1.82, 2.24) is 15.2 Å². The molecule has 1 aliphatic rings. The van der Waals surface area contributed by atoms with Crippen LogP contribution in [-0.4, -0.2) is 21.9 Å². The molecule has 0 saturated heterocycles. The minimum Gasteiger partial charge on any atom is -0.268 e. The van der Waals surface area contributed by atoms with Crippen LogP contribution in [0.4, 0.5) is 0 Å². The first-order chi connectivity index (χ1) is 13.2. The maximum absolute atomic E-state index is 12.3. The van der Waals surface area contributed by atoms with E-state index in [1.165, 1.54) is 22.4 Å². The number of thiophene rings is 1. The summed E-state index contributed by atoms with van der Waals surface area (Å²) in [5.74, 6) is 0.559. The lowest BCUT2D eigenvalue weighted by Gasteiger charge is -2.16. The van der Waals surface area contributed by atoms with Gasteiger partial charge in [-0.3, -0.25) is 9.48 Å². The first-order valence-corrected chi connectivity index (χ1v) is 10.0. The van der Waals surface area contributed by atoms with Crippen LogP contribution in [0.5, 0.6) is 0 Å². The van der Waals surface area contributed by atoms with Gasteiger partial charge in [-0.15, -0.1) is 11.3 Å². The highest BCUT2D eigenvalue weighted by Crippen LogP contribution is 2.32. The predicted octanol–water partition coefficient (Wildman–Crippen LogP) is 3.88. The van der Waals surface area contributed by atoms with Crippen molar-refractivity contribution in [1.29, 1.82) is 0 Å². The molecule has 4 rings (SSSR count). The largest absolute Gasteiger partial charge is 0.281 e. The molecule has 0 aliphatic heterocycles. The summed E-state index contributed by atoms with van der Waals surface area (Å²) in [5, 5.41) is 8.42. The molecular formula is C21H22N4OS. The predicted molar refractivity (Wildman–Crippen MR) is 108 cm³/mol. The number of fused-ring (bicyclic) bond motifs is 1. The van der Waals surface area contributed by atoms with E-state index in [9.17, 15) is 4.79 Å². The van der Waals surface area contributed by atoms with Crippen LogP contribution < -0.4 is 5.43 Å². The summed E-state index contributed by atoms with van der Waals surface area (Å²) in [7, 11) is 0. The molecule has 0 saturated carbocycles. The third-order valence-corrected chi connectivity index (χ3v) is 6.01. The minimum absolute atomic E-state index is 0.144. The molecule has 0 unspecified atom stereocenters. The van der Waals surface area contributed by atoms with Crippen LogP contribution in [0.2, 0.25) is 0 Å². The summed E-state index contributed by atoms with van der Waals surface area (Å²) in [4.78, 5) is 14.4. The number of hydrazone groups is 1. The Kier molecular flexibility index (Phi) is 5.16. The fourth-order valence-corrected chi connectivity index (χ4v) is 4.44. The van der Waals surface area contributed by atoms with Crippen molar-refractivity contribution in [3.63, 3.8) is 0 Å². The van der Waals surface area contributed by atoms with Gasteiger partial charge in [0.05, 0.1) is 23.8 Å². The van der Waals surface area contributed by atoms with E-state index in [4.69, 9.17) is 0 Å². The van der Waals surface area contributed by atoms with E-state index < -0.39 is 0 Å². The molecule has 1 aliphatic carbocycles. The molecular weight excluding hydrogens is 356 g/mol. The molecule has 6 heteroatoms. The normalized spacial score (nSPS) is 16.4. The summed E-state index contributed by atoms with van der Waals surface area (Å²) in [6.45, 7) is 2.98. The van der Waals surface area contributed by atoms with Gasteiger partial charge in [-0.05, 0) is 42.4 Å². The van der Waals surface area contributed by atoms with Gasteiger partial charge in [-0.1, -0.05) is 37.3 Å². The maximum Gasteiger partial charge on any atom is 0.281 e.